The van der Waals surface area contributed by atoms with Crippen molar-refractivity contribution in [3.8, 4) is 0 Å². The number of carbonyl (C=O) groups is 1. The normalized spacial score (nSPS) is 16.4. The van der Waals surface area contributed by atoms with Crippen LogP contribution in [0.1, 0.15) is 35.8 Å². The van der Waals surface area contributed by atoms with Gasteiger partial charge in [0.05, 0.1) is 10.5 Å². The Morgan fingerprint density at radius 2 is 1.77 bits per heavy atom. The van der Waals surface area contributed by atoms with Crippen molar-refractivity contribution in [1.29, 1.82) is 0 Å². The quantitative estimate of drug-likeness (QED) is 0.893. The zero-order valence-electron chi connectivity index (χ0n) is 15.0. The van der Waals surface area contributed by atoms with E-state index >= 15 is 0 Å². The molecule has 6 nitrogen and oxygen atoms in total. The molecule has 0 unspecified atom stereocenters. The molecular formula is C19H23N3O3S. The number of nitrogens with one attached hydrogen (secondary N) is 1. The van der Waals surface area contributed by atoms with Gasteiger partial charge in [-0.05, 0) is 62.1 Å². The number of anilines is 1. The largest absolute Gasteiger partial charge is 0.322 e. The van der Waals surface area contributed by atoms with Gasteiger partial charge in [0.1, 0.15) is 0 Å². The molecule has 2 aromatic rings. The van der Waals surface area contributed by atoms with Crippen LogP contribution in [-0.4, -0.2) is 36.7 Å². The number of hydrogen-bond acceptors (Lipinski definition) is 4. The molecule has 0 spiro atoms. The van der Waals surface area contributed by atoms with Crippen molar-refractivity contribution in [2.24, 2.45) is 5.92 Å². The summed E-state index contributed by atoms with van der Waals surface area (Å²) in [5.41, 5.74) is 1.83. The van der Waals surface area contributed by atoms with Crippen molar-refractivity contribution >= 4 is 21.6 Å². The number of nitrogens with zero attached hydrogens (tertiary/aromatic N) is 2. The van der Waals surface area contributed by atoms with Gasteiger partial charge in [-0.2, -0.15) is 4.31 Å². The van der Waals surface area contributed by atoms with Crippen molar-refractivity contribution in [2.45, 2.75) is 31.6 Å². The Kier molecular flexibility index (Phi) is 5.38. The number of hydrogen-bond donors (Lipinski definition) is 1. The van der Waals surface area contributed by atoms with E-state index in [1.807, 2.05) is 6.92 Å². The van der Waals surface area contributed by atoms with Gasteiger partial charge >= 0.3 is 0 Å². The maximum absolute atomic E-state index is 12.7. The van der Waals surface area contributed by atoms with Crippen LogP contribution in [0.4, 0.5) is 5.69 Å². The van der Waals surface area contributed by atoms with Crippen LogP contribution in [0.5, 0.6) is 0 Å². The van der Waals surface area contributed by atoms with Gasteiger partial charge in [0, 0.05) is 30.7 Å². The lowest BCUT2D eigenvalue weighted by Crippen LogP contribution is -2.37. The lowest BCUT2D eigenvalue weighted by molar-refractivity contribution is 0.102. The molecule has 1 saturated heterocycles. The van der Waals surface area contributed by atoms with Crippen LogP contribution in [-0.2, 0) is 10.0 Å². The Morgan fingerprint density at radius 1 is 1.12 bits per heavy atom. The lowest BCUT2D eigenvalue weighted by atomic mass is 10.0. The highest BCUT2D eigenvalue weighted by Gasteiger charge is 2.27. The molecule has 1 aliphatic heterocycles. The third-order valence-corrected chi connectivity index (χ3v) is 6.58. The van der Waals surface area contributed by atoms with Crippen LogP contribution in [0.3, 0.4) is 0 Å². The predicted octanol–water partition coefficient (Wildman–Crippen LogP) is 3.06. The topological polar surface area (TPSA) is 79.4 Å². The summed E-state index contributed by atoms with van der Waals surface area (Å²) in [6.45, 7) is 5.11. The monoisotopic (exact) mass is 373 g/mol. The van der Waals surface area contributed by atoms with E-state index in [2.05, 4.69) is 17.2 Å². The minimum absolute atomic E-state index is 0.252. The van der Waals surface area contributed by atoms with Gasteiger partial charge < -0.3 is 5.32 Å². The van der Waals surface area contributed by atoms with E-state index in [-0.39, 0.29) is 10.8 Å². The molecule has 1 fully saturated rings. The number of rotatable bonds is 4. The number of aromatic nitrogens is 1. The van der Waals surface area contributed by atoms with Crippen LogP contribution in [0.25, 0.3) is 0 Å². The molecule has 1 N–H and O–H groups in total. The van der Waals surface area contributed by atoms with Crippen LogP contribution < -0.4 is 5.32 Å². The summed E-state index contributed by atoms with van der Waals surface area (Å²) < 4.78 is 27.0. The average molecular weight is 373 g/mol. The molecule has 0 saturated carbocycles. The molecule has 3 rings (SSSR count). The minimum atomic E-state index is -3.48. The second-order valence-corrected chi connectivity index (χ2v) is 8.69. The van der Waals surface area contributed by atoms with Gasteiger partial charge in [-0.25, -0.2) is 8.42 Å². The van der Waals surface area contributed by atoms with Crippen LogP contribution >= 0.6 is 0 Å². The molecule has 26 heavy (non-hydrogen) atoms. The fourth-order valence-electron chi connectivity index (χ4n) is 2.89. The van der Waals surface area contributed by atoms with Crippen molar-refractivity contribution in [3.05, 3.63) is 53.9 Å². The number of amides is 1. The summed E-state index contributed by atoms with van der Waals surface area (Å²) in [4.78, 5) is 16.6. The molecule has 1 amide bonds. The first-order valence-electron chi connectivity index (χ1n) is 8.70. The van der Waals surface area contributed by atoms with Crippen molar-refractivity contribution in [3.63, 3.8) is 0 Å². The second kappa shape index (κ2) is 7.55. The molecule has 7 heteroatoms. The first kappa shape index (κ1) is 18.5. The lowest BCUT2D eigenvalue weighted by Gasteiger charge is -2.29. The highest BCUT2D eigenvalue weighted by Crippen LogP contribution is 2.24. The first-order chi connectivity index (χ1) is 12.4. The minimum Gasteiger partial charge on any atom is -0.322 e. The highest BCUT2D eigenvalue weighted by molar-refractivity contribution is 7.89. The average Bonchev–Trinajstić information content (AvgIpc) is 2.63. The Hall–Kier alpha value is -2.25. The van der Waals surface area contributed by atoms with E-state index in [1.165, 1.54) is 18.3 Å². The van der Waals surface area contributed by atoms with Gasteiger partial charge in [0.15, 0.2) is 0 Å². The second-order valence-electron chi connectivity index (χ2n) is 6.75. The molecule has 0 atom stereocenters. The summed E-state index contributed by atoms with van der Waals surface area (Å²) in [6.07, 6.45) is 3.29. The predicted molar refractivity (Wildman–Crippen MR) is 101 cm³/mol. The van der Waals surface area contributed by atoms with E-state index in [0.717, 1.165) is 18.5 Å². The molecule has 0 bridgehead atoms. The molecular weight excluding hydrogens is 350 g/mol. The van der Waals surface area contributed by atoms with Crippen molar-refractivity contribution < 1.29 is 13.2 Å². The third kappa shape index (κ3) is 4.11. The molecule has 1 aromatic heterocycles. The highest BCUT2D eigenvalue weighted by atomic mass is 32.2. The van der Waals surface area contributed by atoms with Crippen LogP contribution in [0, 0.1) is 12.8 Å². The van der Waals surface area contributed by atoms with Crippen molar-refractivity contribution in [2.75, 3.05) is 18.4 Å². The van der Waals surface area contributed by atoms with Gasteiger partial charge in [0.2, 0.25) is 10.0 Å². The summed E-state index contributed by atoms with van der Waals surface area (Å²) in [5, 5.41) is 2.75. The third-order valence-electron chi connectivity index (χ3n) is 4.67. The van der Waals surface area contributed by atoms with E-state index in [1.54, 1.807) is 28.6 Å². The van der Waals surface area contributed by atoms with Gasteiger partial charge in [-0.1, -0.05) is 6.92 Å². The number of pyridine rings is 1. The number of sulfonamides is 1. The zero-order chi connectivity index (χ0) is 18.7. The van der Waals surface area contributed by atoms with Gasteiger partial charge in [-0.3, -0.25) is 9.78 Å². The molecule has 1 aromatic carbocycles. The Morgan fingerprint density at radius 3 is 2.35 bits per heavy atom. The maximum Gasteiger partial charge on any atom is 0.257 e. The number of carbonyl (C=O) groups excluding carboxylic acids is 1. The van der Waals surface area contributed by atoms with E-state index in [0.29, 0.717) is 30.3 Å². The number of piperidine rings is 1. The number of benzene rings is 1. The maximum atomic E-state index is 12.7. The Bertz CT molecular complexity index is 869. The molecule has 0 aliphatic carbocycles. The molecule has 1 aliphatic rings. The summed E-state index contributed by atoms with van der Waals surface area (Å²) in [7, 11) is -3.48. The van der Waals surface area contributed by atoms with Crippen LogP contribution in [0.15, 0.2) is 47.5 Å². The fourth-order valence-corrected chi connectivity index (χ4v) is 4.36. The fraction of sp³-hybridized carbons (Fsp3) is 0.368. The standard InChI is InChI=1S/C19H23N3O3S/c1-14-9-11-22(12-10-14)26(24,25)18-7-5-17(6-8-18)21-19(23)16-4-3-15(2)20-13-16/h3-8,13-14H,9-12H2,1-2H3,(H,21,23). The van der Waals surface area contributed by atoms with Gasteiger partial charge in [0.25, 0.3) is 5.91 Å². The molecule has 2 heterocycles. The van der Waals surface area contributed by atoms with E-state index < -0.39 is 10.0 Å². The Balaban J connectivity index is 1.70. The zero-order valence-corrected chi connectivity index (χ0v) is 15.8. The summed E-state index contributed by atoms with van der Waals surface area (Å²) >= 11 is 0. The Labute approximate surface area is 154 Å². The molecule has 0 radical (unpaired) electrons. The van der Waals surface area contributed by atoms with E-state index in [9.17, 15) is 13.2 Å². The molecule has 138 valence electrons. The SMILES string of the molecule is Cc1ccc(C(=O)Nc2ccc(S(=O)(=O)N3CCC(C)CC3)cc2)cn1. The summed E-state index contributed by atoms with van der Waals surface area (Å²) in [6, 6.07) is 9.77. The smallest absolute Gasteiger partial charge is 0.257 e. The van der Waals surface area contributed by atoms with Gasteiger partial charge in [-0.15, -0.1) is 0 Å². The van der Waals surface area contributed by atoms with Crippen molar-refractivity contribution in [1.82, 2.24) is 9.29 Å². The first-order valence-corrected chi connectivity index (χ1v) is 10.1. The van der Waals surface area contributed by atoms with Crippen LogP contribution in [0.2, 0.25) is 0 Å². The number of aryl methyl sites for hydroxylation is 1. The van der Waals surface area contributed by atoms with E-state index in [4.69, 9.17) is 0 Å². The summed E-state index contributed by atoms with van der Waals surface area (Å²) in [5.74, 6) is 0.286.